The van der Waals surface area contributed by atoms with Gasteiger partial charge in [-0.25, -0.2) is 0 Å². The fourth-order valence-electron chi connectivity index (χ4n) is 3.21. The number of hydrogen-bond acceptors (Lipinski definition) is 5. The van der Waals surface area contributed by atoms with E-state index in [1.807, 2.05) is 31.2 Å². The molecule has 0 aromatic heterocycles. The Morgan fingerprint density at radius 3 is 2.35 bits per heavy atom. The molecule has 0 atom stereocenters. The third kappa shape index (κ3) is 7.67. The minimum atomic E-state index is -0.864. The second-order valence-corrected chi connectivity index (χ2v) is 8.52. The van der Waals surface area contributed by atoms with Crippen molar-refractivity contribution in [1.82, 2.24) is 4.90 Å². The number of methoxy groups -OCH3 is 2. The average Bonchev–Trinajstić information content (AvgIpc) is 2.75. The van der Waals surface area contributed by atoms with E-state index < -0.39 is 5.97 Å². The third-order valence-corrected chi connectivity index (χ3v) is 5.96. The summed E-state index contributed by atoms with van der Waals surface area (Å²) >= 11 is 7.35. The van der Waals surface area contributed by atoms with Crippen LogP contribution in [0, 0.1) is 6.92 Å². The summed E-state index contributed by atoms with van der Waals surface area (Å²) in [4.78, 5) is 25.8. The monoisotopic (exact) mass is 465 g/mol. The summed E-state index contributed by atoms with van der Waals surface area (Å²) < 4.78 is 10.8. The van der Waals surface area contributed by atoms with Gasteiger partial charge < -0.3 is 19.5 Å². The Balaban J connectivity index is 2.14. The molecule has 0 unspecified atom stereocenters. The Labute approximate surface area is 192 Å². The van der Waals surface area contributed by atoms with Crippen molar-refractivity contribution in [2.45, 2.75) is 19.8 Å². The Morgan fingerprint density at radius 2 is 1.77 bits per heavy atom. The van der Waals surface area contributed by atoms with Crippen molar-refractivity contribution >= 4 is 35.2 Å². The normalized spacial score (nSPS) is 10.6. The number of amides is 1. The van der Waals surface area contributed by atoms with Crippen LogP contribution in [0.1, 0.15) is 27.9 Å². The van der Waals surface area contributed by atoms with Gasteiger partial charge in [0.05, 0.1) is 20.0 Å². The van der Waals surface area contributed by atoms with Crippen LogP contribution in [-0.4, -0.2) is 60.7 Å². The number of benzene rings is 2. The van der Waals surface area contributed by atoms with E-state index in [1.54, 1.807) is 31.3 Å². The summed E-state index contributed by atoms with van der Waals surface area (Å²) in [5, 5.41) is 9.55. The van der Waals surface area contributed by atoms with E-state index in [4.69, 9.17) is 26.2 Å². The molecule has 0 saturated heterocycles. The van der Waals surface area contributed by atoms with Crippen LogP contribution in [0.15, 0.2) is 36.4 Å². The average molecular weight is 466 g/mol. The van der Waals surface area contributed by atoms with Crippen LogP contribution in [0.25, 0.3) is 0 Å². The predicted molar refractivity (Wildman–Crippen MR) is 125 cm³/mol. The lowest BCUT2D eigenvalue weighted by Gasteiger charge is -2.23. The largest absolute Gasteiger partial charge is 0.496 e. The maximum absolute atomic E-state index is 13.3. The number of aryl methyl sites for hydroxylation is 1. The highest BCUT2D eigenvalue weighted by Crippen LogP contribution is 2.30. The molecule has 0 aliphatic rings. The number of rotatable bonds is 12. The summed E-state index contributed by atoms with van der Waals surface area (Å²) in [6.45, 7) is 2.86. The number of carboxylic acid groups (broad SMARTS) is 1. The first kappa shape index (κ1) is 24.9. The van der Waals surface area contributed by atoms with E-state index in [0.717, 1.165) is 24.0 Å². The van der Waals surface area contributed by atoms with Crippen LogP contribution in [0.4, 0.5) is 0 Å². The Hall–Kier alpha value is -2.38. The first-order valence-electron chi connectivity index (χ1n) is 9.91. The van der Waals surface area contributed by atoms with Gasteiger partial charge in [0.2, 0.25) is 0 Å². The van der Waals surface area contributed by atoms with E-state index in [9.17, 15) is 9.59 Å². The number of halogens is 1. The van der Waals surface area contributed by atoms with Crippen LogP contribution in [-0.2, 0) is 11.2 Å². The Bertz CT molecular complexity index is 880. The van der Waals surface area contributed by atoms with Gasteiger partial charge in [0.1, 0.15) is 11.5 Å². The van der Waals surface area contributed by atoms with Crippen LogP contribution >= 0.6 is 23.4 Å². The third-order valence-electron chi connectivity index (χ3n) is 4.80. The highest BCUT2D eigenvalue weighted by Gasteiger charge is 2.19. The molecule has 0 spiro atoms. The fraction of sp³-hybridized carbons (Fsp3) is 0.391. The zero-order valence-electron chi connectivity index (χ0n) is 18.0. The van der Waals surface area contributed by atoms with Crippen LogP contribution in [0.5, 0.6) is 11.5 Å². The standard InChI is InChI=1S/C23H28ClNO5S/c1-16-20(29-2)13-18(14-21(16)30-3)23(28)25(10-11-31-15-22(26)27)9-5-7-17-6-4-8-19(24)12-17/h4,6,8,12-14H,5,7,9-11,15H2,1-3H3,(H,26,27). The predicted octanol–water partition coefficient (Wildman–Crippen LogP) is 4.56. The van der Waals surface area contributed by atoms with E-state index in [1.165, 1.54) is 11.8 Å². The molecule has 0 aliphatic heterocycles. The molecule has 2 aromatic rings. The second kappa shape index (κ2) is 12.5. The van der Waals surface area contributed by atoms with Crippen LogP contribution in [0.3, 0.4) is 0 Å². The summed E-state index contributed by atoms with van der Waals surface area (Å²) in [6, 6.07) is 11.1. The molecule has 0 radical (unpaired) electrons. The van der Waals surface area contributed by atoms with Crippen LogP contribution in [0.2, 0.25) is 5.02 Å². The van der Waals surface area contributed by atoms with E-state index in [-0.39, 0.29) is 11.7 Å². The molecule has 8 heteroatoms. The molecule has 2 aromatic carbocycles. The lowest BCUT2D eigenvalue weighted by Crippen LogP contribution is -2.34. The van der Waals surface area contributed by atoms with Gasteiger partial charge in [0.25, 0.3) is 5.91 Å². The maximum Gasteiger partial charge on any atom is 0.313 e. The number of nitrogens with zero attached hydrogens (tertiary/aromatic N) is 1. The SMILES string of the molecule is COc1cc(C(=O)N(CCCc2cccc(Cl)c2)CCSCC(=O)O)cc(OC)c1C. The fourth-order valence-corrected chi connectivity index (χ4v) is 4.09. The molecule has 0 bridgehead atoms. The van der Waals surface area contributed by atoms with Gasteiger partial charge in [-0.1, -0.05) is 23.7 Å². The molecule has 2 rings (SSSR count). The van der Waals surface area contributed by atoms with Gasteiger partial charge in [-0.3, -0.25) is 9.59 Å². The molecular formula is C23H28ClNO5S. The highest BCUT2D eigenvalue weighted by molar-refractivity contribution is 7.99. The summed E-state index contributed by atoms with van der Waals surface area (Å²) in [6.07, 6.45) is 1.54. The Morgan fingerprint density at radius 1 is 1.10 bits per heavy atom. The minimum Gasteiger partial charge on any atom is -0.496 e. The molecule has 168 valence electrons. The molecule has 0 saturated carbocycles. The number of carboxylic acids is 1. The van der Waals surface area contributed by atoms with Gasteiger partial charge in [-0.05, 0) is 49.6 Å². The molecule has 0 heterocycles. The van der Waals surface area contributed by atoms with E-state index in [0.29, 0.717) is 40.9 Å². The highest BCUT2D eigenvalue weighted by atomic mass is 35.5. The van der Waals surface area contributed by atoms with Gasteiger partial charge in [-0.15, -0.1) is 11.8 Å². The number of carbonyl (C=O) groups excluding carboxylic acids is 1. The molecular weight excluding hydrogens is 438 g/mol. The lowest BCUT2D eigenvalue weighted by molar-refractivity contribution is -0.133. The van der Waals surface area contributed by atoms with E-state index >= 15 is 0 Å². The quantitative estimate of drug-likeness (QED) is 0.463. The van der Waals surface area contributed by atoms with Crippen molar-refractivity contribution in [2.24, 2.45) is 0 Å². The van der Waals surface area contributed by atoms with Crippen molar-refractivity contribution < 1.29 is 24.2 Å². The van der Waals surface area contributed by atoms with Gasteiger partial charge in [0.15, 0.2) is 0 Å². The van der Waals surface area contributed by atoms with Crippen molar-refractivity contribution in [1.29, 1.82) is 0 Å². The Kier molecular flexibility index (Phi) is 10.0. The first-order chi connectivity index (χ1) is 14.8. The van der Waals surface area contributed by atoms with Gasteiger partial charge in [-0.2, -0.15) is 0 Å². The molecule has 31 heavy (non-hydrogen) atoms. The summed E-state index contributed by atoms with van der Waals surface area (Å²) in [7, 11) is 3.11. The van der Waals surface area contributed by atoms with Crippen molar-refractivity contribution in [3.05, 3.63) is 58.1 Å². The summed E-state index contributed by atoms with van der Waals surface area (Å²) in [5.74, 6) is 0.714. The van der Waals surface area contributed by atoms with Crippen LogP contribution < -0.4 is 9.47 Å². The summed E-state index contributed by atoms with van der Waals surface area (Å²) in [5.41, 5.74) is 2.41. The molecule has 1 amide bonds. The van der Waals surface area contributed by atoms with Crippen molar-refractivity contribution in [3.63, 3.8) is 0 Å². The van der Waals surface area contributed by atoms with Gasteiger partial charge >= 0.3 is 5.97 Å². The molecule has 6 nitrogen and oxygen atoms in total. The smallest absolute Gasteiger partial charge is 0.313 e. The lowest BCUT2D eigenvalue weighted by atomic mass is 10.1. The number of aliphatic carboxylic acids is 1. The zero-order chi connectivity index (χ0) is 22.8. The number of carbonyl (C=O) groups is 2. The van der Waals surface area contributed by atoms with E-state index in [2.05, 4.69) is 0 Å². The molecule has 0 fully saturated rings. The topological polar surface area (TPSA) is 76.1 Å². The molecule has 1 N–H and O–H groups in total. The maximum atomic E-state index is 13.3. The number of thioether (sulfide) groups is 1. The second-order valence-electron chi connectivity index (χ2n) is 6.98. The number of ether oxygens (including phenoxy) is 2. The van der Waals surface area contributed by atoms with Crippen molar-refractivity contribution in [3.8, 4) is 11.5 Å². The van der Waals surface area contributed by atoms with Crippen molar-refractivity contribution in [2.75, 3.05) is 38.8 Å². The minimum absolute atomic E-state index is 0.0106. The zero-order valence-corrected chi connectivity index (χ0v) is 19.6. The van der Waals surface area contributed by atoms with Gasteiger partial charge in [0, 0.05) is 35.0 Å². The molecule has 0 aliphatic carbocycles. The number of hydrogen-bond donors (Lipinski definition) is 1. The first-order valence-corrected chi connectivity index (χ1v) is 11.4.